The molecule has 0 amide bonds. The summed E-state index contributed by atoms with van der Waals surface area (Å²) in [5, 5.41) is 11.1. The molecule has 0 aliphatic rings. The van der Waals surface area contributed by atoms with Crippen molar-refractivity contribution in [3.05, 3.63) is 60.7 Å². The van der Waals surface area contributed by atoms with Crippen LogP contribution in [0.15, 0.2) is 65.6 Å². The van der Waals surface area contributed by atoms with Crippen LogP contribution in [0.3, 0.4) is 0 Å². The molecule has 1 N–H and O–H groups in total. The first-order chi connectivity index (χ1) is 10.9. The van der Waals surface area contributed by atoms with Crippen molar-refractivity contribution in [3.63, 3.8) is 0 Å². The molecule has 0 aromatic heterocycles. The maximum Gasteiger partial charge on any atom is 0.178 e. The molecular weight excluding hydrogens is 324 g/mol. The van der Waals surface area contributed by atoms with Gasteiger partial charge in [-0.05, 0) is 24.1 Å². The van der Waals surface area contributed by atoms with Crippen LogP contribution >= 0.6 is 0 Å². The van der Waals surface area contributed by atoms with E-state index in [1.807, 2.05) is 18.2 Å². The Kier molecular flexibility index (Phi) is 5.78. The molecule has 5 heteroatoms. The Morgan fingerprint density at radius 3 is 2.00 bits per heavy atom. The first kappa shape index (κ1) is 17.9. The monoisotopic (exact) mass is 348 g/mol. The van der Waals surface area contributed by atoms with E-state index in [1.54, 1.807) is 30.3 Å². The van der Waals surface area contributed by atoms with Gasteiger partial charge in [0.1, 0.15) is 0 Å². The van der Waals surface area contributed by atoms with Crippen molar-refractivity contribution in [3.8, 4) is 0 Å². The highest BCUT2D eigenvalue weighted by atomic mass is 32.2. The van der Waals surface area contributed by atoms with Gasteiger partial charge in [-0.2, -0.15) is 0 Å². The zero-order valence-electron chi connectivity index (χ0n) is 13.6. The molecule has 0 aliphatic carbocycles. The number of hydrogen-bond acceptors (Lipinski definition) is 3. The Balaban J connectivity index is 2.14. The van der Waals surface area contributed by atoms with Gasteiger partial charge in [-0.25, -0.2) is 8.42 Å². The van der Waals surface area contributed by atoms with Crippen molar-refractivity contribution >= 4 is 23.1 Å². The van der Waals surface area contributed by atoms with Gasteiger partial charge in [0.25, 0.3) is 0 Å². The number of aliphatic hydroxyl groups excluding tert-OH is 1. The van der Waals surface area contributed by atoms with Crippen LogP contribution in [-0.4, -0.2) is 34.0 Å². The zero-order valence-corrected chi connectivity index (χ0v) is 15.5. The third-order valence-corrected chi connectivity index (χ3v) is 10.7. The quantitative estimate of drug-likeness (QED) is 0.783. The molecule has 1 atom stereocenters. The minimum Gasteiger partial charge on any atom is -0.396 e. The van der Waals surface area contributed by atoms with Crippen LogP contribution in [0, 0.1) is 0 Å². The molecule has 2 rings (SSSR count). The molecule has 0 spiro atoms. The Labute approximate surface area is 139 Å². The summed E-state index contributed by atoms with van der Waals surface area (Å²) in [5.74, 6) is 0.0749. The number of sulfone groups is 1. The number of benzene rings is 2. The van der Waals surface area contributed by atoms with Crippen LogP contribution in [-0.2, 0) is 9.84 Å². The first-order valence-corrected chi connectivity index (χ1v) is 12.5. The largest absolute Gasteiger partial charge is 0.396 e. The van der Waals surface area contributed by atoms with E-state index >= 15 is 0 Å². The van der Waals surface area contributed by atoms with E-state index in [0.717, 1.165) is 0 Å². The molecule has 0 aliphatic heterocycles. The van der Waals surface area contributed by atoms with Crippen molar-refractivity contribution in [1.29, 1.82) is 0 Å². The van der Waals surface area contributed by atoms with Crippen LogP contribution in [0.2, 0.25) is 18.6 Å². The van der Waals surface area contributed by atoms with Gasteiger partial charge < -0.3 is 5.11 Å². The third kappa shape index (κ3) is 4.31. The summed E-state index contributed by atoms with van der Waals surface area (Å²) >= 11 is 0. The number of aliphatic hydroxyl groups is 1. The number of hydrogen-bond donors (Lipinski definition) is 1. The van der Waals surface area contributed by atoms with E-state index in [2.05, 4.69) is 25.2 Å². The molecule has 1 unspecified atom stereocenters. The summed E-state index contributed by atoms with van der Waals surface area (Å²) in [6.45, 7) is 4.41. The lowest BCUT2D eigenvalue weighted by Gasteiger charge is -2.31. The van der Waals surface area contributed by atoms with Gasteiger partial charge in [0.2, 0.25) is 0 Å². The minimum absolute atomic E-state index is 0.0170. The number of rotatable bonds is 7. The molecule has 2 aromatic rings. The molecule has 0 saturated heterocycles. The summed E-state index contributed by atoms with van der Waals surface area (Å²) in [5.41, 5.74) is 0.0170. The highest BCUT2D eigenvalue weighted by molar-refractivity contribution is 7.91. The van der Waals surface area contributed by atoms with Gasteiger partial charge >= 0.3 is 0 Å². The minimum atomic E-state index is -3.30. The molecule has 23 heavy (non-hydrogen) atoms. The molecule has 0 fully saturated rings. The van der Waals surface area contributed by atoms with E-state index in [1.165, 1.54) is 5.19 Å². The smallest absolute Gasteiger partial charge is 0.178 e. The molecule has 0 heterocycles. The predicted octanol–water partition coefficient (Wildman–Crippen LogP) is 2.83. The van der Waals surface area contributed by atoms with Gasteiger partial charge in [-0.3, -0.25) is 0 Å². The summed E-state index contributed by atoms with van der Waals surface area (Å²) < 4.78 is 24.9. The van der Waals surface area contributed by atoms with Gasteiger partial charge in [-0.15, -0.1) is 0 Å². The Morgan fingerprint density at radius 2 is 1.48 bits per heavy atom. The lowest BCUT2D eigenvalue weighted by Crippen LogP contribution is -2.47. The summed E-state index contributed by atoms with van der Waals surface area (Å²) in [6.07, 6.45) is 0.488. The summed E-state index contributed by atoms with van der Waals surface area (Å²) in [7, 11) is -5.22. The molecule has 3 nitrogen and oxygen atoms in total. The van der Waals surface area contributed by atoms with Crippen molar-refractivity contribution in [2.75, 3.05) is 12.4 Å². The normalized spacial score (nSPS) is 13.7. The van der Waals surface area contributed by atoms with E-state index in [-0.39, 0.29) is 17.9 Å². The zero-order chi connectivity index (χ0) is 16.9. The standard InChI is InChI=1S/C18H24O3SSi/c1-23(2,17-11-7-4-8-12-17)18(15-19)13-14-22(20,21)16-9-5-3-6-10-16/h3-12,18-19H,13-15H2,1-2H3. The highest BCUT2D eigenvalue weighted by Crippen LogP contribution is 2.27. The van der Waals surface area contributed by atoms with E-state index in [4.69, 9.17) is 0 Å². The Morgan fingerprint density at radius 1 is 0.957 bits per heavy atom. The molecular formula is C18H24O3SSi. The topological polar surface area (TPSA) is 54.4 Å². The maximum absolute atomic E-state index is 12.4. The fourth-order valence-corrected chi connectivity index (χ4v) is 7.28. The van der Waals surface area contributed by atoms with E-state index in [9.17, 15) is 13.5 Å². The SMILES string of the molecule is C[Si](C)(c1ccccc1)C(CO)CCS(=O)(=O)c1ccccc1. The van der Waals surface area contributed by atoms with Crippen molar-refractivity contribution in [2.24, 2.45) is 0 Å². The average molecular weight is 349 g/mol. The van der Waals surface area contributed by atoms with Crippen molar-refractivity contribution in [2.45, 2.75) is 30.0 Å². The lowest BCUT2D eigenvalue weighted by molar-refractivity contribution is 0.284. The van der Waals surface area contributed by atoms with Gasteiger partial charge in [0.05, 0.1) is 18.7 Å². The van der Waals surface area contributed by atoms with Crippen LogP contribution in [0.1, 0.15) is 6.42 Å². The highest BCUT2D eigenvalue weighted by Gasteiger charge is 2.34. The van der Waals surface area contributed by atoms with E-state index < -0.39 is 17.9 Å². The predicted molar refractivity (Wildman–Crippen MR) is 97.5 cm³/mol. The molecule has 2 aromatic carbocycles. The maximum atomic E-state index is 12.4. The van der Waals surface area contributed by atoms with Gasteiger partial charge in [0, 0.05) is 6.61 Å². The summed E-state index contributed by atoms with van der Waals surface area (Å²) in [4.78, 5) is 0.357. The third-order valence-electron chi connectivity index (χ3n) is 4.60. The second kappa shape index (κ2) is 7.42. The Bertz CT molecular complexity index is 712. The van der Waals surface area contributed by atoms with Gasteiger partial charge in [0.15, 0.2) is 9.84 Å². The van der Waals surface area contributed by atoms with Crippen LogP contribution in [0.5, 0.6) is 0 Å². The van der Waals surface area contributed by atoms with E-state index in [0.29, 0.717) is 11.3 Å². The summed E-state index contributed by atoms with van der Waals surface area (Å²) in [6, 6.07) is 18.7. The lowest BCUT2D eigenvalue weighted by atomic mass is 10.3. The fraction of sp³-hybridized carbons (Fsp3) is 0.333. The second-order valence-electron chi connectivity index (χ2n) is 6.39. The second-order valence-corrected chi connectivity index (χ2v) is 13.3. The molecule has 0 bridgehead atoms. The van der Waals surface area contributed by atoms with Gasteiger partial charge in [-0.1, -0.05) is 66.8 Å². The molecule has 0 radical (unpaired) electrons. The molecule has 0 saturated carbocycles. The van der Waals surface area contributed by atoms with Crippen LogP contribution in [0.25, 0.3) is 0 Å². The average Bonchev–Trinajstić information content (AvgIpc) is 2.57. The van der Waals surface area contributed by atoms with Crippen LogP contribution < -0.4 is 5.19 Å². The fourth-order valence-electron chi connectivity index (χ4n) is 2.83. The Hall–Kier alpha value is -1.43. The van der Waals surface area contributed by atoms with Crippen molar-refractivity contribution in [1.82, 2.24) is 0 Å². The van der Waals surface area contributed by atoms with Crippen LogP contribution in [0.4, 0.5) is 0 Å². The van der Waals surface area contributed by atoms with Crippen molar-refractivity contribution < 1.29 is 13.5 Å². The molecule has 124 valence electrons. The first-order valence-electron chi connectivity index (χ1n) is 7.82.